The highest BCUT2D eigenvalue weighted by Crippen LogP contribution is 2.07. The number of carbonyl (C=O) groups is 1. The van der Waals surface area contributed by atoms with Crippen molar-refractivity contribution in [1.82, 2.24) is 4.98 Å². The molecule has 1 aromatic heterocycles. The molecule has 0 aromatic carbocycles. The van der Waals surface area contributed by atoms with Gasteiger partial charge in [-0.1, -0.05) is 5.92 Å². The van der Waals surface area contributed by atoms with Crippen LogP contribution in [0.4, 0.5) is 0 Å². The minimum absolute atomic E-state index is 0.0163. The fourth-order valence-electron chi connectivity index (χ4n) is 0.974. The molecule has 0 spiro atoms. The summed E-state index contributed by atoms with van der Waals surface area (Å²) in [4.78, 5) is 15.2. The van der Waals surface area contributed by atoms with E-state index in [1.165, 1.54) is 0 Å². The summed E-state index contributed by atoms with van der Waals surface area (Å²) in [5.74, 6) is 2.31. The normalized spacial score (nSPS) is 9.00. The summed E-state index contributed by atoms with van der Waals surface area (Å²) in [6, 6.07) is 1.69. The largest absolute Gasteiger partial charge is 0.293 e. The summed E-state index contributed by atoms with van der Waals surface area (Å²) in [5, 5.41) is 0. The van der Waals surface area contributed by atoms with Crippen LogP contribution in [0.25, 0.3) is 0 Å². The van der Waals surface area contributed by atoms with Crippen molar-refractivity contribution >= 4 is 5.78 Å². The van der Waals surface area contributed by atoms with Crippen molar-refractivity contribution in [2.45, 2.75) is 13.3 Å². The second-order valence-electron chi connectivity index (χ2n) is 2.49. The first-order chi connectivity index (χ1) is 5.75. The number of terminal acetylenes is 1. The van der Waals surface area contributed by atoms with E-state index in [-0.39, 0.29) is 12.2 Å². The van der Waals surface area contributed by atoms with E-state index < -0.39 is 0 Å². The maximum absolute atomic E-state index is 11.3. The van der Waals surface area contributed by atoms with Gasteiger partial charge in [0.05, 0.1) is 6.42 Å². The van der Waals surface area contributed by atoms with E-state index in [0.717, 1.165) is 5.56 Å². The summed E-state index contributed by atoms with van der Waals surface area (Å²) in [6.45, 7) is 1.84. The molecule has 0 saturated carbocycles. The van der Waals surface area contributed by atoms with Gasteiger partial charge in [0.25, 0.3) is 0 Å². The lowest BCUT2D eigenvalue weighted by molar-refractivity contribution is 0.0997. The fraction of sp³-hybridized carbons (Fsp3) is 0.200. The number of rotatable bonds is 2. The van der Waals surface area contributed by atoms with Gasteiger partial charge in [-0.25, -0.2) is 0 Å². The molecule has 0 unspecified atom stereocenters. The van der Waals surface area contributed by atoms with Crippen LogP contribution in [-0.2, 0) is 0 Å². The molecule has 0 aliphatic rings. The molecule has 0 amide bonds. The SMILES string of the molecule is C#CCC(=O)c1ccncc1C. The van der Waals surface area contributed by atoms with Crippen molar-refractivity contribution in [2.24, 2.45) is 0 Å². The van der Waals surface area contributed by atoms with Gasteiger partial charge < -0.3 is 0 Å². The molecule has 0 radical (unpaired) electrons. The minimum Gasteiger partial charge on any atom is -0.293 e. The van der Waals surface area contributed by atoms with Gasteiger partial charge in [-0.2, -0.15) is 0 Å². The Morgan fingerprint density at radius 3 is 3.08 bits per heavy atom. The summed E-state index contributed by atoms with van der Waals surface area (Å²) in [5.41, 5.74) is 1.54. The molecule has 0 aliphatic carbocycles. The van der Waals surface area contributed by atoms with E-state index in [1.54, 1.807) is 18.5 Å². The zero-order valence-electron chi connectivity index (χ0n) is 6.87. The third-order valence-corrected chi connectivity index (χ3v) is 1.58. The second-order valence-corrected chi connectivity index (χ2v) is 2.49. The molecule has 0 bridgehead atoms. The molecule has 0 N–H and O–H groups in total. The fourth-order valence-corrected chi connectivity index (χ4v) is 0.974. The van der Waals surface area contributed by atoms with Crippen LogP contribution in [0.1, 0.15) is 22.3 Å². The van der Waals surface area contributed by atoms with E-state index in [1.807, 2.05) is 6.92 Å². The van der Waals surface area contributed by atoms with Crippen molar-refractivity contribution in [3.05, 3.63) is 29.6 Å². The van der Waals surface area contributed by atoms with Gasteiger partial charge in [0.1, 0.15) is 0 Å². The smallest absolute Gasteiger partial charge is 0.175 e. The number of hydrogen-bond acceptors (Lipinski definition) is 2. The molecule has 1 aromatic rings. The highest BCUT2D eigenvalue weighted by Gasteiger charge is 2.05. The molecule has 1 rings (SSSR count). The molecule has 0 fully saturated rings. The van der Waals surface area contributed by atoms with Crippen LogP contribution >= 0.6 is 0 Å². The molecule has 2 heteroatoms. The maximum Gasteiger partial charge on any atom is 0.175 e. The van der Waals surface area contributed by atoms with E-state index in [4.69, 9.17) is 6.42 Å². The first-order valence-corrected chi connectivity index (χ1v) is 3.63. The summed E-state index contributed by atoms with van der Waals surface area (Å²) in [6.07, 6.45) is 8.44. The molecule has 0 atom stereocenters. The van der Waals surface area contributed by atoms with E-state index in [2.05, 4.69) is 10.9 Å². The number of hydrogen-bond donors (Lipinski definition) is 0. The van der Waals surface area contributed by atoms with Gasteiger partial charge >= 0.3 is 0 Å². The predicted molar refractivity (Wildman–Crippen MR) is 46.8 cm³/mol. The lowest BCUT2D eigenvalue weighted by Crippen LogP contribution is -2.00. The highest BCUT2D eigenvalue weighted by molar-refractivity contribution is 5.98. The number of nitrogens with zero attached hydrogens (tertiary/aromatic N) is 1. The van der Waals surface area contributed by atoms with Gasteiger partial charge in [0.15, 0.2) is 5.78 Å². The number of Topliss-reactive ketones (excluding diaryl/α,β-unsaturated/α-hetero) is 1. The minimum atomic E-state index is -0.0163. The Bertz CT molecular complexity index is 336. The highest BCUT2D eigenvalue weighted by atomic mass is 16.1. The number of carbonyl (C=O) groups excluding carboxylic acids is 1. The van der Waals surface area contributed by atoms with E-state index in [9.17, 15) is 4.79 Å². The lowest BCUT2D eigenvalue weighted by Gasteiger charge is -1.99. The van der Waals surface area contributed by atoms with Crippen LogP contribution in [-0.4, -0.2) is 10.8 Å². The van der Waals surface area contributed by atoms with Crippen molar-refractivity contribution in [1.29, 1.82) is 0 Å². The molecule has 12 heavy (non-hydrogen) atoms. The molecular formula is C10H9NO. The Balaban J connectivity index is 2.97. The van der Waals surface area contributed by atoms with Gasteiger partial charge in [-0.15, -0.1) is 6.42 Å². The van der Waals surface area contributed by atoms with Gasteiger partial charge in [0.2, 0.25) is 0 Å². The Kier molecular flexibility index (Phi) is 2.60. The number of aromatic nitrogens is 1. The summed E-state index contributed by atoms with van der Waals surface area (Å²) in [7, 11) is 0. The molecule has 2 nitrogen and oxygen atoms in total. The Morgan fingerprint density at radius 2 is 2.50 bits per heavy atom. The Hall–Kier alpha value is -1.62. The zero-order chi connectivity index (χ0) is 8.97. The molecular weight excluding hydrogens is 150 g/mol. The topological polar surface area (TPSA) is 30.0 Å². The first-order valence-electron chi connectivity index (χ1n) is 3.63. The first kappa shape index (κ1) is 8.48. The van der Waals surface area contributed by atoms with Gasteiger partial charge in [0, 0.05) is 18.0 Å². The molecule has 0 aliphatic heterocycles. The molecule has 60 valence electrons. The van der Waals surface area contributed by atoms with Crippen molar-refractivity contribution in [3.63, 3.8) is 0 Å². The van der Waals surface area contributed by atoms with Crippen molar-refractivity contribution in [3.8, 4) is 12.3 Å². The third kappa shape index (κ3) is 1.70. The summed E-state index contributed by atoms with van der Waals surface area (Å²) < 4.78 is 0. The average molecular weight is 159 g/mol. The van der Waals surface area contributed by atoms with Gasteiger partial charge in [-0.05, 0) is 18.6 Å². The Labute approximate surface area is 71.6 Å². The van der Waals surface area contributed by atoms with Crippen molar-refractivity contribution < 1.29 is 4.79 Å². The van der Waals surface area contributed by atoms with E-state index >= 15 is 0 Å². The van der Waals surface area contributed by atoms with E-state index in [0.29, 0.717) is 5.56 Å². The molecule has 1 heterocycles. The predicted octanol–water partition coefficient (Wildman–Crippen LogP) is 1.60. The van der Waals surface area contributed by atoms with Crippen LogP contribution < -0.4 is 0 Å². The van der Waals surface area contributed by atoms with Crippen LogP contribution in [0.2, 0.25) is 0 Å². The van der Waals surface area contributed by atoms with Crippen LogP contribution in [0.5, 0.6) is 0 Å². The Morgan fingerprint density at radius 1 is 1.75 bits per heavy atom. The summed E-state index contributed by atoms with van der Waals surface area (Å²) >= 11 is 0. The average Bonchev–Trinajstić information content (AvgIpc) is 2.05. The van der Waals surface area contributed by atoms with Crippen LogP contribution in [0.15, 0.2) is 18.5 Å². The van der Waals surface area contributed by atoms with Gasteiger partial charge in [-0.3, -0.25) is 9.78 Å². The molecule has 0 saturated heterocycles. The lowest BCUT2D eigenvalue weighted by atomic mass is 10.1. The number of ketones is 1. The number of pyridine rings is 1. The standard InChI is InChI=1S/C10H9NO/c1-3-4-10(12)9-5-6-11-7-8(9)2/h1,5-7H,4H2,2H3. The monoisotopic (exact) mass is 159 g/mol. The third-order valence-electron chi connectivity index (χ3n) is 1.58. The quantitative estimate of drug-likeness (QED) is 0.484. The second kappa shape index (κ2) is 3.68. The van der Waals surface area contributed by atoms with Crippen molar-refractivity contribution in [2.75, 3.05) is 0 Å². The van der Waals surface area contributed by atoms with Crippen LogP contribution in [0.3, 0.4) is 0 Å². The zero-order valence-corrected chi connectivity index (χ0v) is 6.87. The number of aryl methyl sites for hydroxylation is 1. The maximum atomic E-state index is 11.3. The van der Waals surface area contributed by atoms with Crippen LogP contribution in [0, 0.1) is 19.3 Å².